The van der Waals surface area contributed by atoms with E-state index >= 15 is 0 Å². The molecule has 0 aliphatic heterocycles. The van der Waals surface area contributed by atoms with Gasteiger partial charge < -0.3 is 13.9 Å². The third-order valence-electron chi connectivity index (χ3n) is 9.04. The maximum absolute atomic E-state index is 12.6. The molecule has 264 valence electrons. The van der Waals surface area contributed by atoms with E-state index in [1.54, 1.807) is 0 Å². The van der Waals surface area contributed by atoms with Crippen LogP contribution in [0.4, 0.5) is 0 Å². The van der Waals surface area contributed by atoms with Crippen molar-refractivity contribution in [2.45, 2.75) is 188 Å². The van der Waals surface area contributed by atoms with Gasteiger partial charge in [0, 0.05) is 19.4 Å². The third-order valence-corrected chi connectivity index (χ3v) is 13.5. The first-order valence-corrected chi connectivity index (χ1v) is 21.5. The molecule has 0 aromatic carbocycles. The van der Waals surface area contributed by atoms with Crippen LogP contribution in [0.3, 0.4) is 0 Å². The Hall–Kier alpha value is -1.40. The SMILES string of the molecule is CCCC/C=C\CCCCCCCC(=O)OCC(C)(COC(=O)CCCCCCC/C=C\CCCC)CO[Si](C)(C)C(C)(C)C. The number of allylic oxidation sites excluding steroid dienone is 4. The molecule has 6 heteroatoms. The van der Waals surface area contributed by atoms with Crippen molar-refractivity contribution >= 4 is 20.3 Å². The molecular weight excluding hydrogens is 577 g/mol. The lowest BCUT2D eigenvalue weighted by molar-refractivity contribution is -0.155. The van der Waals surface area contributed by atoms with E-state index in [-0.39, 0.29) is 30.2 Å². The Morgan fingerprint density at radius 2 is 0.889 bits per heavy atom. The van der Waals surface area contributed by atoms with Crippen LogP contribution in [0.1, 0.15) is 170 Å². The third kappa shape index (κ3) is 25.4. The van der Waals surface area contributed by atoms with Crippen LogP contribution in [0.2, 0.25) is 18.1 Å². The van der Waals surface area contributed by atoms with Crippen LogP contribution in [0.15, 0.2) is 24.3 Å². The van der Waals surface area contributed by atoms with Crippen LogP contribution in [0.25, 0.3) is 0 Å². The Bertz CT molecular complexity index is 748. The first kappa shape index (κ1) is 43.6. The molecule has 0 radical (unpaired) electrons. The molecule has 0 rings (SSSR count). The van der Waals surface area contributed by atoms with Crippen molar-refractivity contribution in [2.24, 2.45) is 5.41 Å². The summed E-state index contributed by atoms with van der Waals surface area (Å²) in [5.74, 6) is -0.342. The molecule has 0 bridgehead atoms. The van der Waals surface area contributed by atoms with Gasteiger partial charge in [-0.15, -0.1) is 0 Å². The molecule has 0 unspecified atom stereocenters. The lowest BCUT2D eigenvalue weighted by Crippen LogP contribution is -2.46. The Balaban J connectivity index is 4.51. The van der Waals surface area contributed by atoms with Crippen LogP contribution in [-0.2, 0) is 23.5 Å². The maximum Gasteiger partial charge on any atom is 0.305 e. The lowest BCUT2D eigenvalue weighted by atomic mass is 9.94. The second-order valence-electron chi connectivity index (χ2n) is 15.0. The minimum atomic E-state index is -2.01. The van der Waals surface area contributed by atoms with Crippen molar-refractivity contribution in [3.63, 3.8) is 0 Å². The van der Waals surface area contributed by atoms with Gasteiger partial charge in [0.2, 0.25) is 0 Å². The zero-order valence-corrected chi connectivity index (χ0v) is 32.1. The fourth-order valence-electron chi connectivity index (χ4n) is 4.59. The van der Waals surface area contributed by atoms with Gasteiger partial charge in [-0.3, -0.25) is 9.59 Å². The van der Waals surface area contributed by atoms with E-state index in [1.165, 1.54) is 64.2 Å². The predicted molar refractivity (Wildman–Crippen MR) is 195 cm³/mol. The summed E-state index contributed by atoms with van der Waals surface area (Å²) in [5, 5.41) is 0.0674. The van der Waals surface area contributed by atoms with Crippen molar-refractivity contribution in [3.05, 3.63) is 24.3 Å². The van der Waals surface area contributed by atoms with Crippen molar-refractivity contribution in [2.75, 3.05) is 19.8 Å². The largest absolute Gasteiger partial charge is 0.465 e. The van der Waals surface area contributed by atoms with Crippen LogP contribution < -0.4 is 0 Å². The molecule has 0 aromatic rings. The highest BCUT2D eigenvalue weighted by atomic mass is 28.4. The van der Waals surface area contributed by atoms with Gasteiger partial charge in [-0.1, -0.05) is 130 Å². The molecule has 0 saturated carbocycles. The van der Waals surface area contributed by atoms with Gasteiger partial charge in [0.1, 0.15) is 13.2 Å². The van der Waals surface area contributed by atoms with E-state index in [4.69, 9.17) is 13.9 Å². The molecule has 0 atom stereocenters. The summed E-state index contributed by atoms with van der Waals surface area (Å²) >= 11 is 0. The molecule has 5 nitrogen and oxygen atoms in total. The number of ether oxygens (including phenoxy) is 2. The van der Waals surface area contributed by atoms with Gasteiger partial charge >= 0.3 is 11.9 Å². The van der Waals surface area contributed by atoms with Crippen LogP contribution in [0, 0.1) is 5.41 Å². The first-order valence-electron chi connectivity index (χ1n) is 18.6. The van der Waals surface area contributed by atoms with E-state index in [0.29, 0.717) is 19.4 Å². The van der Waals surface area contributed by atoms with E-state index in [0.717, 1.165) is 51.4 Å². The zero-order chi connectivity index (χ0) is 33.9. The zero-order valence-electron chi connectivity index (χ0n) is 31.1. The standard InChI is InChI=1S/C39H74O5Si/c1-9-11-13-15-17-19-21-23-25-27-29-31-36(40)42-33-39(6,35-44-45(7,8)38(3,4)5)34-43-37(41)32-30-28-26-24-22-20-18-16-14-12-10-2/h15-18H,9-14,19-35H2,1-8H3/b17-15-,18-16-. The lowest BCUT2D eigenvalue weighted by Gasteiger charge is -2.39. The highest BCUT2D eigenvalue weighted by Gasteiger charge is 2.40. The average molecular weight is 651 g/mol. The summed E-state index contributed by atoms with van der Waals surface area (Å²) in [7, 11) is -2.01. The Morgan fingerprint density at radius 3 is 1.27 bits per heavy atom. The maximum atomic E-state index is 12.6. The molecule has 0 amide bonds. The van der Waals surface area contributed by atoms with E-state index in [1.807, 2.05) is 6.92 Å². The Kier molecular flexibility index (Phi) is 25.8. The molecule has 0 fully saturated rings. The second-order valence-corrected chi connectivity index (χ2v) is 19.8. The van der Waals surface area contributed by atoms with Gasteiger partial charge in [-0.2, -0.15) is 0 Å². The molecule has 0 aliphatic carbocycles. The summed E-state index contributed by atoms with van der Waals surface area (Å²) in [6.07, 6.45) is 30.8. The van der Waals surface area contributed by atoms with Crippen LogP contribution >= 0.6 is 0 Å². The summed E-state index contributed by atoms with van der Waals surface area (Å²) in [6, 6.07) is 0. The average Bonchev–Trinajstić information content (AvgIpc) is 2.99. The summed E-state index contributed by atoms with van der Waals surface area (Å²) in [6.45, 7) is 18.3. The van der Waals surface area contributed by atoms with Crippen molar-refractivity contribution in [3.8, 4) is 0 Å². The number of rotatable bonds is 29. The van der Waals surface area contributed by atoms with Gasteiger partial charge in [0.05, 0.1) is 5.41 Å². The van der Waals surface area contributed by atoms with E-state index in [9.17, 15) is 9.59 Å². The van der Waals surface area contributed by atoms with Crippen molar-refractivity contribution in [1.82, 2.24) is 0 Å². The number of esters is 2. The minimum Gasteiger partial charge on any atom is -0.465 e. The molecule has 0 heterocycles. The molecule has 0 saturated heterocycles. The summed E-state index contributed by atoms with van der Waals surface area (Å²) in [5.41, 5.74) is -0.573. The Labute approximate surface area is 280 Å². The highest BCUT2D eigenvalue weighted by Crippen LogP contribution is 2.37. The van der Waals surface area contributed by atoms with Crippen LogP contribution in [-0.4, -0.2) is 40.1 Å². The Morgan fingerprint density at radius 1 is 0.533 bits per heavy atom. The van der Waals surface area contributed by atoms with Gasteiger partial charge in [-0.25, -0.2) is 0 Å². The number of unbranched alkanes of at least 4 members (excludes halogenated alkanes) is 14. The van der Waals surface area contributed by atoms with Gasteiger partial charge in [-0.05, 0) is 69.5 Å². The predicted octanol–water partition coefficient (Wildman–Crippen LogP) is 12.1. The quantitative estimate of drug-likeness (QED) is 0.0349. The molecular formula is C39H74O5Si. The van der Waals surface area contributed by atoms with E-state index < -0.39 is 13.7 Å². The van der Waals surface area contributed by atoms with Gasteiger partial charge in [0.15, 0.2) is 8.32 Å². The monoisotopic (exact) mass is 651 g/mol. The summed E-state index contributed by atoms with van der Waals surface area (Å²) in [4.78, 5) is 25.2. The van der Waals surface area contributed by atoms with Crippen molar-refractivity contribution in [1.29, 1.82) is 0 Å². The number of hydrogen-bond donors (Lipinski definition) is 0. The van der Waals surface area contributed by atoms with Crippen molar-refractivity contribution < 1.29 is 23.5 Å². The molecule has 0 spiro atoms. The molecule has 45 heavy (non-hydrogen) atoms. The fourth-order valence-corrected chi connectivity index (χ4v) is 5.73. The normalized spacial score (nSPS) is 12.8. The van der Waals surface area contributed by atoms with Gasteiger partial charge in [0.25, 0.3) is 0 Å². The number of carbonyl (C=O) groups excluding carboxylic acids is 2. The second kappa shape index (κ2) is 26.6. The fraction of sp³-hybridized carbons (Fsp3) is 0.846. The topological polar surface area (TPSA) is 61.8 Å². The highest BCUT2D eigenvalue weighted by molar-refractivity contribution is 6.74. The smallest absolute Gasteiger partial charge is 0.305 e. The number of carbonyl (C=O) groups is 2. The first-order chi connectivity index (χ1) is 21.4. The van der Waals surface area contributed by atoms with E-state index in [2.05, 4.69) is 72.0 Å². The molecule has 0 aliphatic rings. The van der Waals surface area contributed by atoms with Crippen LogP contribution in [0.5, 0.6) is 0 Å². The number of hydrogen-bond acceptors (Lipinski definition) is 5. The molecule has 0 N–H and O–H groups in total. The minimum absolute atomic E-state index is 0.0674. The molecule has 0 aromatic heterocycles. The summed E-state index contributed by atoms with van der Waals surface area (Å²) < 4.78 is 18.0.